The number of aryl methyl sites for hydroxylation is 1. The van der Waals surface area contributed by atoms with Gasteiger partial charge in [0.15, 0.2) is 5.65 Å². The van der Waals surface area contributed by atoms with Crippen LogP contribution in [-0.2, 0) is 6.18 Å². The summed E-state index contributed by atoms with van der Waals surface area (Å²) in [6.45, 7) is 1.96. The van der Waals surface area contributed by atoms with E-state index in [4.69, 9.17) is 5.73 Å². The molecule has 8 nitrogen and oxygen atoms in total. The van der Waals surface area contributed by atoms with E-state index >= 15 is 0 Å². The zero-order valence-electron chi connectivity index (χ0n) is 20.0. The molecule has 6 rings (SSSR count). The highest BCUT2D eigenvalue weighted by molar-refractivity contribution is 5.94. The minimum absolute atomic E-state index is 0.351. The number of pyridine rings is 1. The molecule has 11 heteroatoms. The molecule has 1 unspecified atom stereocenters. The van der Waals surface area contributed by atoms with Crippen molar-refractivity contribution in [2.45, 2.75) is 19.3 Å². The van der Waals surface area contributed by atoms with Gasteiger partial charge < -0.3 is 16.0 Å². The van der Waals surface area contributed by atoms with E-state index in [1.807, 2.05) is 37.3 Å². The monoisotopic (exact) mass is 514 g/mol. The van der Waals surface area contributed by atoms with E-state index in [2.05, 4.69) is 30.5 Å². The highest BCUT2D eigenvalue weighted by Gasteiger charge is 2.32. The third-order valence-electron chi connectivity index (χ3n) is 6.53. The van der Waals surface area contributed by atoms with Crippen LogP contribution in [0.15, 0.2) is 73.5 Å². The van der Waals surface area contributed by atoms with Gasteiger partial charge in [0.1, 0.15) is 18.3 Å². The summed E-state index contributed by atoms with van der Waals surface area (Å²) >= 11 is 0. The molecule has 0 saturated carbocycles. The van der Waals surface area contributed by atoms with E-state index in [0.717, 1.165) is 45.5 Å². The van der Waals surface area contributed by atoms with Gasteiger partial charge in [0.05, 0.1) is 28.5 Å². The molecule has 2 aromatic carbocycles. The lowest BCUT2D eigenvalue weighted by Gasteiger charge is -2.34. The fourth-order valence-electron chi connectivity index (χ4n) is 4.63. The van der Waals surface area contributed by atoms with Crippen molar-refractivity contribution in [3.63, 3.8) is 0 Å². The molecule has 0 amide bonds. The van der Waals surface area contributed by atoms with E-state index in [-0.39, 0.29) is 0 Å². The first kappa shape index (κ1) is 23.6. The second kappa shape index (κ2) is 8.96. The van der Waals surface area contributed by atoms with Crippen LogP contribution < -0.4 is 16.0 Å². The number of nitrogens with zero attached hydrogens (tertiary/aromatic N) is 5. The second-order valence-corrected chi connectivity index (χ2v) is 8.86. The van der Waals surface area contributed by atoms with Crippen LogP contribution in [0.1, 0.15) is 28.4 Å². The maximum atomic E-state index is 13.3. The van der Waals surface area contributed by atoms with Gasteiger partial charge >= 0.3 is 6.18 Å². The number of halogens is 3. The first-order valence-electron chi connectivity index (χ1n) is 11.7. The molecule has 4 heterocycles. The topological polar surface area (TPSA) is 109 Å². The average Bonchev–Trinajstić information content (AvgIpc) is 3.40. The Labute approximate surface area is 215 Å². The van der Waals surface area contributed by atoms with Crippen LogP contribution in [0.4, 0.5) is 30.4 Å². The summed E-state index contributed by atoms with van der Waals surface area (Å²) in [5, 5.41) is 11.1. The summed E-state index contributed by atoms with van der Waals surface area (Å²) in [4.78, 5) is 14.9. The number of rotatable bonds is 4. The number of hydrogen-bond acceptors (Lipinski definition) is 7. The number of alkyl halides is 3. The second-order valence-electron chi connectivity index (χ2n) is 8.86. The van der Waals surface area contributed by atoms with E-state index in [1.54, 1.807) is 29.6 Å². The van der Waals surface area contributed by atoms with Gasteiger partial charge in [-0.25, -0.2) is 15.0 Å². The minimum atomic E-state index is -4.45. The summed E-state index contributed by atoms with van der Waals surface area (Å²) in [7, 11) is 0. The van der Waals surface area contributed by atoms with Gasteiger partial charge in [-0.1, -0.05) is 18.2 Å². The summed E-state index contributed by atoms with van der Waals surface area (Å²) in [6.07, 6.45) is 3.21. The van der Waals surface area contributed by atoms with E-state index in [0.29, 0.717) is 22.8 Å². The maximum Gasteiger partial charge on any atom is 0.416 e. The molecule has 0 spiro atoms. The van der Waals surface area contributed by atoms with Crippen molar-refractivity contribution in [3.8, 4) is 11.3 Å². The molecule has 0 bridgehead atoms. The van der Waals surface area contributed by atoms with Gasteiger partial charge in [0.25, 0.3) is 0 Å². The van der Waals surface area contributed by atoms with Crippen molar-refractivity contribution >= 4 is 34.3 Å². The van der Waals surface area contributed by atoms with Gasteiger partial charge in [-0.2, -0.15) is 18.3 Å². The standard InChI is InChI=1S/C27H21F3N8/c1-15-7-8-19-18(9-11-38(24(19)31)17-5-2-4-16(12-17)27(28,29)30)22(15)36-25-20(6-3-10-32-25)23-21-13-35-37-26(21)34-14-33-23/h2-14,24H,31H2,1H3,(H,32,36)(H,33,34,35,37). The molecule has 0 saturated heterocycles. The predicted molar refractivity (Wildman–Crippen MR) is 139 cm³/mol. The molecule has 0 aliphatic carbocycles. The highest BCUT2D eigenvalue weighted by atomic mass is 19.4. The maximum absolute atomic E-state index is 13.3. The number of nitrogens with one attached hydrogen (secondary N) is 2. The zero-order valence-corrected chi connectivity index (χ0v) is 20.0. The fraction of sp³-hybridized carbons (Fsp3) is 0.111. The molecule has 4 N–H and O–H groups in total. The van der Waals surface area contributed by atoms with Crippen molar-refractivity contribution in [1.82, 2.24) is 25.1 Å². The van der Waals surface area contributed by atoms with Crippen LogP contribution in [0.2, 0.25) is 0 Å². The van der Waals surface area contributed by atoms with E-state index in [9.17, 15) is 13.2 Å². The molecular formula is C27H21F3N8. The van der Waals surface area contributed by atoms with Crippen LogP contribution in [0.3, 0.4) is 0 Å². The van der Waals surface area contributed by atoms with Crippen molar-refractivity contribution in [2.24, 2.45) is 5.73 Å². The van der Waals surface area contributed by atoms with Gasteiger partial charge in [0, 0.05) is 29.2 Å². The Morgan fingerprint density at radius 3 is 2.76 bits per heavy atom. The lowest BCUT2D eigenvalue weighted by molar-refractivity contribution is -0.137. The smallest absolute Gasteiger partial charge is 0.339 e. The number of aromatic amines is 1. The van der Waals surface area contributed by atoms with Crippen LogP contribution in [-0.4, -0.2) is 25.1 Å². The van der Waals surface area contributed by atoms with Crippen LogP contribution in [0.5, 0.6) is 0 Å². The molecule has 1 aliphatic heterocycles. The molecular weight excluding hydrogens is 493 g/mol. The number of nitrogens with two attached hydrogens (primary N) is 1. The molecule has 0 fully saturated rings. The summed E-state index contributed by atoms with van der Waals surface area (Å²) < 4.78 is 39.9. The summed E-state index contributed by atoms with van der Waals surface area (Å²) in [5.74, 6) is 0.576. The molecule has 3 aromatic heterocycles. The normalized spacial score (nSPS) is 15.1. The number of aromatic nitrogens is 5. The van der Waals surface area contributed by atoms with Gasteiger partial charge in [-0.05, 0) is 54.5 Å². The number of anilines is 3. The average molecular weight is 515 g/mol. The predicted octanol–water partition coefficient (Wildman–Crippen LogP) is 5.93. The Kier molecular flexibility index (Phi) is 5.57. The van der Waals surface area contributed by atoms with Crippen molar-refractivity contribution in [1.29, 1.82) is 0 Å². The number of benzene rings is 2. The number of fused-ring (bicyclic) bond motifs is 2. The quantitative estimate of drug-likeness (QED) is 0.273. The third-order valence-corrected chi connectivity index (χ3v) is 6.53. The van der Waals surface area contributed by atoms with E-state index < -0.39 is 17.9 Å². The van der Waals surface area contributed by atoms with Crippen LogP contribution in [0.25, 0.3) is 28.4 Å². The Morgan fingerprint density at radius 1 is 1.05 bits per heavy atom. The van der Waals surface area contributed by atoms with Gasteiger partial charge in [-0.15, -0.1) is 0 Å². The minimum Gasteiger partial charge on any atom is -0.339 e. The zero-order chi connectivity index (χ0) is 26.4. The summed E-state index contributed by atoms with van der Waals surface area (Å²) in [5.41, 5.74) is 11.6. The summed E-state index contributed by atoms with van der Waals surface area (Å²) in [6, 6.07) is 12.7. The molecule has 38 heavy (non-hydrogen) atoms. The van der Waals surface area contributed by atoms with Crippen molar-refractivity contribution in [3.05, 3.63) is 95.7 Å². The first-order chi connectivity index (χ1) is 18.3. The van der Waals surface area contributed by atoms with Gasteiger partial charge in [-0.3, -0.25) is 5.10 Å². The Balaban J connectivity index is 1.39. The lowest BCUT2D eigenvalue weighted by Crippen LogP contribution is -2.33. The number of H-pyrrole nitrogens is 1. The fourth-order valence-corrected chi connectivity index (χ4v) is 4.63. The molecule has 1 atom stereocenters. The van der Waals surface area contributed by atoms with Crippen LogP contribution in [0, 0.1) is 6.92 Å². The SMILES string of the molecule is Cc1ccc2c(c1Nc1ncccc1-c1ncnc3[nH]ncc13)C=CN(c1cccc(C(F)(F)F)c1)C2N. The number of hydrogen-bond donors (Lipinski definition) is 3. The Bertz CT molecular complexity index is 1690. The molecule has 190 valence electrons. The van der Waals surface area contributed by atoms with Gasteiger partial charge in [0.2, 0.25) is 0 Å². The van der Waals surface area contributed by atoms with Crippen LogP contribution >= 0.6 is 0 Å². The lowest BCUT2D eigenvalue weighted by atomic mass is 9.95. The third kappa shape index (κ3) is 4.02. The molecule has 5 aromatic rings. The molecule has 0 radical (unpaired) electrons. The highest BCUT2D eigenvalue weighted by Crippen LogP contribution is 2.40. The first-order valence-corrected chi connectivity index (χ1v) is 11.7. The van der Waals surface area contributed by atoms with E-state index in [1.165, 1.54) is 12.4 Å². The van der Waals surface area contributed by atoms with Crippen molar-refractivity contribution < 1.29 is 13.2 Å². The molecule has 1 aliphatic rings. The Hall–Kier alpha value is -4.77. The largest absolute Gasteiger partial charge is 0.416 e. The van der Waals surface area contributed by atoms with Crippen molar-refractivity contribution in [2.75, 3.05) is 10.2 Å². The Morgan fingerprint density at radius 2 is 1.92 bits per heavy atom.